The van der Waals surface area contributed by atoms with E-state index in [-0.39, 0.29) is 18.0 Å². The average molecular weight is 453 g/mol. The molecule has 1 aliphatic heterocycles. The molecule has 1 aromatic heterocycles. The Hall–Kier alpha value is -3.09. The first-order valence-corrected chi connectivity index (χ1v) is 11.6. The van der Waals surface area contributed by atoms with Gasteiger partial charge in [0.2, 0.25) is 5.91 Å². The second-order valence-corrected chi connectivity index (χ2v) is 9.81. The van der Waals surface area contributed by atoms with E-state index in [1.54, 1.807) is 11.0 Å². The van der Waals surface area contributed by atoms with E-state index in [9.17, 15) is 9.59 Å². The minimum atomic E-state index is -0.503. The molecule has 7 nitrogen and oxygen atoms in total. The van der Waals surface area contributed by atoms with Crippen molar-refractivity contribution < 1.29 is 14.3 Å². The number of hydrogen-bond donors (Lipinski definition) is 1. The van der Waals surface area contributed by atoms with Crippen LogP contribution in [0.2, 0.25) is 0 Å². The van der Waals surface area contributed by atoms with Crippen molar-refractivity contribution in [1.82, 2.24) is 20.0 Å². The third kappa shape index (κ3) is 6.94. The van der Waals surface area contributed by atoms with E-state index in [0.29, 0.717) is 32.5 Å². The van der Waals surface area contributed by atoms with Crippen LogP contribution in [0.25, 0.3) is 6.08 Å². The second kappa shape index (κ2) is 10.2. The molecule has 0 unspecified atom stereocenters. The van der Waals surface area contributed by atoms with Crippen molar-refractivity contribution in [3.05, 3.63) is 58.4 Å². The van der Waals surface area contributed by atoms with Crippen LogP contribution in [-0.2, 0) is 16.1 Å². The Morgan fingerprint density at radius 3 is 2.36 bits per heavy atom. The summed E-state index contributed by atoms with van der Waals surface area (Å²) < 4.78 is 7.40. The molecule has 0 aliphatic carbocycles. The number of carbonyl (C=O) groups is 2. The molecule has 1 aromatic carbocycles. The number of aromatic nitrogens is 2. The second-order valence-electron chi connectivity index (χ2n) is 9.81. The van der Waals surface area contributed by atoms with Crippen LogP contribution in [-0.4, -0.2) is 51.4 Å². The van der Waals surface area contributed by atoms with Gasteiger partial charge in [-0.25, -0.2) is 4.79 Å². The molecule has 1 aliphatic rings. The van der Waals surface area contributed by atoms with Gasteiger partial charge in [-0.15, -0.1) is 0 Å². The van der Waals surface area contributed by atoms with Crippen molar-refractivity contribution in [3.8, 4) is 0 Å². The maximum atomic E-state index is 12.5. The summed E-state index contributed by atoms with van der Waals surface area (Å²) in [7, 11) is 0. The molecule has 0 atom stereocenters. The lowest BCUT2D eigenvalue weighted by molar-refractivity contribution is -0.117. The molecule has 0 saturated carbocycles. The standard InChI is InChI=1S/C26H36N4O3/c1-18-7-9-21(10-8-18)17-30-20(3)23(19(2)28-30)11-12-24(31)27-22-13-15-29(16-14-22)25(32)33-26(4,5)6/h7-12,22H,13-17H2,1-6H3,(H,27,31)/b12-11+. The Morgan fingerprint density at radius 2 is 1.76 bits per heavy atom. The van der Waals surface area contributed by atoms with E-state index >= 15 is 0 Å². The Morgan fingerprint density at radius 1 is 1.12 bits per heavy atom. The number of benzene rings is 1. The van der Waals surface area contributed by atoms with Gasteiger partial charge in [0.1, 0.15) is 5.60 Å². The lowest BCUT2D eigenvalue weighted by Gasteiger charge is -2.33. The van der Waals surface area contributed by atoms with Gasteiger partial charge in [-0.05, 0) is 66.0 Å². The van der Waals surface area contributed by atoms with Crippen LogP contribution >= 0.6 is 0 Å². The van der Waals surface area contributed by atoms with Crippen LogP contribution in [0.5, 0.6) is 0 Å². The van der Waals surface area contributed by atoms with Crippen molar-refractivity contribution >= 4 is 18.1 Å². The number of ether oxygens (including phenoxy) is 1. The van der Waals surface area contributed by atoms with Gasteiger partial charge in [-0.3, -0.25) is 9.48 Å². The van der Waals surface area contributed by atoms with Gasteiger partial charge in [0.05, 0.1) is 12.2 Å². The van der Waals surface area contributed by atoms with Gasteiger partial charge >= 0.3 is 6.09 Å². The molecule has 33 heavy (non-hydrogen) atoms. The number of piperidine rings is 1. The highest BCUT2D eigenvalue weighted by Crippen LogP contribution is 2.18. The van der Waals surface area contributed by atoms with E-state index in [4.69, 9.17) is 4.74 Å². The number of rotatable bonds is 5. The predicted octanol–water partition coefficient (Wildman–Crippen LogP) is 4.39. The largest absolute Gasteiger partial charge is 0.444 e. The van der Waals surface area contributed by atoms with Crippen molar-refractivity contribution in [2.24, 2.45) is 0 Å². The smallest absolute Gasteiger partial charge is 0.410 e. The highest BCUT2D eigenvalue weighted by molar-refractivity contribution is 5.92. The monoisotopic (exact) mass is 452 g/mol. The molecule has 1 N–H and O–H groups in total. The van der Waals surface area contributed by atoms with Gasteiger partial charge < -0.3 is 15.0 Å². The summed E-state index contributed by atoms with van der Waals surface area (Å²) in [5, 5.41) is 7.71. The van der Waals surface area contributed by atoms with Gasteiger partial charge in [-0.2, -0.15) is 5.10 Å². The molecular weight excluding hydrogens is 416 g/mol. The van der Waals surface area contributed by atoms with Crippen LogP contribution in [0.1, 0.15) is 61.7 Å². The highest BCUT2D eigenvalue weighted by atomic mass is 16.6. The number of likely N-dealkylation sites (tertiary alicyclic amines) is 1. The first kappa shape index (κ1) is 24.6. The summed E-state index contributed by atoms with van der Waals surface area (Å²) in [6.07, 6.45) is 4.55. The molecule has 0 radical (unpaired) electrons. The van der Waals surface area contributed by atoms with Crippen LogP contribution in [0.15, 0.2) is 30.3 Å². The predicted molar refractivity (Wildman–Crippen MR) is 130 cm³/mol. The van der Waals surface area contributed by atoms with Crippen molar-refractivity contribution in [2.75, 3.05) is 13.1 Å². The fourth-order valence-corrected chi connectivity index (χ4v) is 3.91. The van der Waals surface area contributed by atoms with E-state index in [0.717, 1.165) is 17.0 Å². The van der Waals surface area contributed by atoms with E-state index in [1.165, 1.54) is 11.1 Å². The number of hydrogen-bond acceptors (Lipinski definition) is 4. The Kier molecular flexibility index (Phi) is 7.61. The molecule has 7 heteroatoms. The Labute approximate surface area is 196 Å². The minimum Gasteiger partial charge on any atom is -0.444 e. The third-order valence-corrected chi connectivity index (χ3v) is 5.78. The summed E-state index contributed by atoms with van der Waals surface area (Å²) in [4.78, 5) is 26.4. The molecule has 2 aromatic rings. The van der Waals surface area contributed by atoms with Crippen LogP contribution in [0.3, 0.4) is 0 Å². The average Bonchev–Trinajstić information content (AvgIpc) is 3.00. The van der Waals surface area contributed by atoms with E-state index < -0.39 is 5.60 Å². The van der Waals surface area contributed by atoms with Crippen molar-refractivity contribution in [1.29, 1.82) is 0 Å². The number of nitrogens with zero attached hydrogens (tertiary/aromatic N) is 3. The van der Waals surface area contributed by atoms with Crippen LogP contribution < -0.4 is 5.32 Å². The normalized spacial score (nSPS) is 15.2. The molecule has 1 saturated heterocycles. The zero-order valence-electron chi connectivity index (χ0n) is 20.6. The molecule has 0 bridgehead atoms. The SMILES string of the molecule is Cc1ccc(Cn2nc(C)c(/C=C/C(=O)NC3CCN(C(=O)OC(C)(C)C)CC3)c2C)cc1. The number of nitrogens with one attached hydrogen (secondary N) is 1. The summed E-state index contributed by atoms with van der Waals surface area (Å²) in [6.45, 7) is 13.5. The molecular formula is C26H36N4O3. The minimum absolute atomic E-state index is 0.0484. The topological polar surface area (TPSA) is 76.5 Å². The number of carbonyl (C=O) groups excluding carboxylic acids is 2. The quantitative estimate of drug-likeness (QED) is 0.683. The third-order valence-electron chi connectivity index (χ3n) is 5.78. The summed E-state index contributed by atoms with van der Waals surface area (Å²) in [5.41, 5.74) is 4.82. The van der Waals surface area contributed by atoms with Crippen molar-refractivity contribution in [3.63, 3.8) is 0 Å². The summed E-state index contributed by atoms with van der Waals surface area (Å²) in [6, 6.07) is 8.48. The Bertz CT molecular complexity index is 1010. The fraction of sp³-hybridized carbons (Fsp3) is 0.500. The maximum absolute atomic E-state index is 12.5. The first-order chi connectivity index (χ1) is 15.5. The van der Waals surface area contributed by atoms with E-state index in [1.807, 2.05) is 45.4 Å². The molecule has 178 valence electrons. The highest BCUT2D eigenvalue weighted by Gasteiger charge is 2.27. The summed E-state index contributed by atoms with van der Waals surface area (Å²) in [5.74, 6) is -0.129. The van der Waals surface area contributed by atoms with Crippen LogP contribution in [0, 0.1) is 20.8 Å². The molecule has 2 heterocycles. The fourth-order valence-electron chi connectivity index (χ4n) is 3.91. The van der Waals surface area contributed by atoms with Gasteiger partial charge in [0.25, 0.3) is 0 Å². The van der Waals surface area contributed by atoms with Gasteiger partial charge in [0, 0.05) is 36.5 Å². The lowest BCUT2D eigenvalue weighted by Crippen LogP contribution is -2.47. The van der Waals surface area contributed by atoms with Crippen LogP contribution in [0.4, 0.5) is 4.79 Å². The lowest BCUT2D eigenvalue weighted by atomic mass is 10.1. The molecule has 1 fully saturated rings. The van der Waals surface area contributed by atoms with Gasteiger partial charge in [0.15, 0.2) is 0 Å². The zero-order chi connectivity index (χ0) is 24.2. The zero-order valence-corrected chi connectivity index (χ0v) is 20.6. The van der Waals surface area contributed by atoms with Crippen molar-refractivity contribution in [2.45, 2.75) is 72.6 Å². The number of aryl methyl sites for hydroxylation is 2. The Balaban J connectivity index is 1.53. The molecule has 0 spiro atoms. The maximum Gasteiger partial charge on any atom is 0.410 e. The van der Waals surface area contributed by atoms with Gasteiger partial charge in [-0.1, -0.05) is 29.8 Å². The first-order valence-electron chi connectivity index (χ1n) is 11.6. The number of amides is 2. The molecule has 2 amide bonds. The molecule has 3 rings (SSSR count). The van der Waals surface area contributed by atoms with E-state index in [2.05, 4.69) is 41.6 Å². The summed E-state index contributed by atoms with van der Waals surface area (Å²) >= 11 is 0.